The third-order valence-corrected chi connectivity index (χ3v) is 4.33. The van der Waals surface area contributed by atoms with Crippen molar-refractivity contribution in [2.45, 2.75) is 39.0 Å². The molecule has 112 valence electrons. The van der Waals surface area contributed by atoms with E-state index in [1.807, 2.05) is 6.20 Å². The van der Waals surface area contributed by atoms with Crippen molar-refractivity contribution < 1.29 is 0 Å². The van der Waals surface area contributed by atoms with E-state index in [0.29, 0.717) is 0 Å². The molecule has 0 amide bonds. The van der Waals surface area contributed by atoms with E-state index >= 15 is 0 Å². The molecular formula is C18H25N3. The van der Waals surface area contributed by atoms with Crippen molar-refractivity contribution in [1.82, 2.24) is 15.3 Å². The van der Waals surface area contributed by atoms with Crippen molar-refractivity contribution in [3.05, 3.63) is 41.9 Å². The number of nitrogens with one attached hydrogen (secondary N) is 2. The van der Waals surface area contributed by atoms with Crippen LogP contribution in [0.3, 0.4) is 0 Å². The lowest BCUT2D eigenvalue weighted by atomic mass is 9.86. The Labute approximate surface area is 127 Å². The molecular weight excluding hydrogens is 258 g/mol. The predicted octanol–water partition coefficient (Wildman–Crippen LogP) is 3.53. The van der Waals surface area contributed by atoms with E-state index in [9.17, 15) is 0 Å². The highest BCUT2D eigenvalue weighted by atomic mass is 14.9. The van der Waals surface area contributed by atoms with E-state index in [4.69, 9.17) is 0 Å². The summed E-state index contributed by atoms with van der Waals surface area (Å²) < 4.78 is 0. The molecule has 2 N–H and O–H groups in total. The van der Waals surface area contributed by atoms with Crippen LogP contribution in [0.15, 0.2) is 30.5 Å². The van der Waals surface area contributed by atoms with Crippen LogP contribution in [0.4, 0.5) is 0 Å². The van der Waals surface area contributed by atoms with Gasteiger partial charge in [0.05, 0.1) is 11.9 Å². The van der Waals surface area contributed by atoms with Crippen LogP contribution < -0.4 is 5.32 Å². The number of benzene rings is 1. The third kappa shape index (κ3) is 3.35. The maximum Gasteiger partial charge on any atom is 0.106 e. The number of hydrogen-bond acceptors (Lipinski definition) is 2. The molecule has 0 saturated carbocycles. The van der Waals surface area contributed by atoms with E-state index in [2.05, 4.69) is 60.3 Å². The van der Waals surface area contributed by atoms with Crippen LogP contribution in [0.25, 0.3) is 11.3 Å². The standard InChI is InChI=1S/C18H25N3/c1-18(2,3)15-6-4-14(5-7-15)16-12-20-17(21-16)10-13-8-9-19-11-13/h4-7,12-13,19H,8-11H2,1-3H3,(H,20,21). The van der Waals surface area contributed by atoms with Gasteiger partial charge in [-0.15, -0.1) is 0 Å². The summed E-state index contributed by atoms with van der Waals surface area (Å²) in [5.74, 6) is 1.84. The Kier molecular flexibility index (Phi) is 3.85. The van der Waals surface area contributed by atoms with E-state index in [1.165, 1.54) is 17.5 Å². The van der Waals surface area contributed by atoms with Gasteiger partial charge in [-0.1, -0.05) is 45.0 Å². The zero-order valence-corrected chi connectivity index (χ0v) is 13.2. The average molecular weight is 283 g/mol. The molecule has 1 fully saturated rings. The summed E-state index contributed by atoms with van der Waals surface area (Å²) in [6.45, 7) is 8.99. The Bertz CT molecular complexity index is 584. The molecule has 0 aliphatic carbocycles. The zero-order chi connectivity index (χ0) is 14.9. The number of H-pyrrole nitrogens is 1. The molecule has 0 radical (unpaired) electrons. The molecule has 3 heteroatoms. The summed E-state index contributed by atoms with van der Waals surface area (Å²) in [5.41, 5.74) is 3.90. The fourth-order valence-electron chi connectivity index (χ4n) is 2.92. The lowest BCUT2D eigenvalue weighted by molar-refractivity contribution is 0.565. The number of aromatic nitrogens is 2. The molecule has 1 atom stereocenters. The Morgan fingerprint density at radius 1 is 1.19 bits per heavy atom. The lowest BCUT2D eigenvalue weighted by Gasteiger charge is -2.18. The SMILES string of the molecule is CC(C)(C)c1ccc(-c2cnc(CC3CCNC3)[nH]2)cc1. The van der Waals surface area contributed by atoms with E-state index in [0.717, 1.165) is 36.9 Å². The maximum atomic E-state index is 4.54. The molecule has 1 aromatic heterocycles. The number of aromatic amines is 1. The van der Waals surface area contributed by atoms with Crippen LogP contribution >= 0.6 is 0 Å². The summed E-state index contributed by atoms with van der Waals surface area (Å²) >= 11 is 0. The first-order valence-electron chi connectivity index (χ1n) is 7.88. The van der Waals surface area contributed by atoms with Gasteiger partial charge in [0.25, 0.3) is 0 Å². The fourth-order valence-corrected chi connectivity index (χ4v) is 2.92. The van der Waals surface area contributed by atoms with E-state index in [1.54, 1.807) is 0 Å². The van der Waals surface area contributed by atoms with Gasteiger partial charge >= 0.3 is 0 Å². The minimum atomic E-state index is 0.202. The summed E-state index contributed by atoms with van der Waals surface area (Å²) in [5, 5.41) is 3.41. The van der Waals surface area contributed by atoms with Crippen molar-refractivity contribution in [2.24, 2.45) is 5.92 Å². The van der Waals surface area contributed by atoms with E-state index < -0.39 is 0 Å². The second kappa shape index (κ2) is 5.64. The summed E-state index contributed by atoms with van der Waals surface area (Å²) in [6.07, 6.45) is 4.27. The molecule has 3 rings (SSSR count). The Morgan fingerprint density at radius 3 is 2.57 bits per heavy atom. The monoisotopic (exact) mass is 283 g/mol. The molecule has 2 aromatic rings. The number of imidazole rings is 1. The minimum absolute atomic E-state index is 0.202. The van der Waals surface area contributed by atoms with Gasteiger partial charge in [-0.2, -0.15) is 0 Å². The van der Waals surface area contributed by atoms with Gasteiger partial charge in [0.1, 0.15) is 5.82 Å². The summed E-state index contributed by atoms with van der Waals surface area (Å²) in [7, 11) is 0. The minimum Gasteiger partial charge on any atom is -0.342 e. The van der Waals surface area contributed by atoms with Gasteiger partial charge in [0, 0.05) is 6.42 Å². The molecule has 1 saturated heterocycles. The highest BCUT2D eigenvalue weighted by molar-refractivity contribution is 5.59. The van der Waals surface area contributed by atoms with Gasteiger partial charge in [-0.25, -0.2) is 4.98 Å². The van der Waals surface area contributed by atoms with Crippen LogP contribution in [-0.2, 0) is 11.8 Å². The normalized spacial score (nSPS) is 19.1. The van der Waals surface area contributed by atoms with Crippen LogP contribution in [0.1, 0.15) is 38.6 Å². The van der Waals surface area contributed by atoms with Gasteiger partial charge < -0.3 is 10.3 Å². The topological polar surface area (TPSA) is 40.7 Å². The molecule has 1 unspecified atom stereocenters. The summed E-state index contributed by atoms with van der Waals surface area (Å²) in [4.78, 5) is 8.02. The van der Waals surface area contributed by atoms with Gasteiger partial charge in [0.2, 0.25) is 0 Å². The van der Waals surface area contributed by atoms with Crippen LogP contribution in [0, 0.1) is 5.92 Å². The molecule has 1 aromatic carbocycles. The molecule has 3 nitrogen and oxygen atoms in total. The summed E-state index contributed by atoms with van der Waals surface area (Å²) in [6, 6.07) is 8.82. The first kappa shape index (κ1) is 14.3. The smallest absolute Gasteiger partial charge is 0.106 e. The molecule has 2 heterocycles. The molecule has 1 aliphatic heterocycles. The van der Waals surface area contributed by atoms with Crippen molar-refractivity contribution in [2.75, 3.05) is 13.1 Å². The highest BCUT2D eigenvalue weighted by Crippen LogP contribution is 2.25. The first-order chi connectivity index (χ1) is 10.0. The zero-order valence-electron chi connectivity index (χ0n) is 13.2. The van der Waals surface area contributed by atoms with E-state index in [-0.39, 0.29) is 5.41 Å². The van der Waals surface area contributed by atoms with Crippen LogP contribution in [0.5, 0.6) is 0 Å². The van der Waals surface area contributed by atoms with Crippen LogP contribution in [-0.4, -0.2) is 23.1 Å². The molecule has 0 bridgehead atoms. The Morgan fingerprint density at radius 2 is 1.95 bits per heavy atom. The maximum absolute atomic E-state index is 4.54. The second-order valence-corrected chi connectivity index (χ2v) is 7.13. The number of nitrogens with zero attached hydrogens (tertiary/aromatic N) is 1. The lowest BCUT2D eigenvalue weighted by Crippen LogP contribution is -2.11. The van der Waals surface area contributed by atoms with Crippen LogP contribution in [0.2, 0.25) is 0 Å². The first-order valence-corrected chi connectivity index (χ1v) is 7.88. The predicted molar refractivity (Wildman–Crippen MR) is 87.4 cm³/mol. The highest BCUT2D eigenvalue weighted by Gasteiger charge is 2.17. The van der Waals surface area contributed by atoms with Gasteiger partial charge in [-0.05, 0) is 42.0 Å². The van der Waals surface area contributed by atoms with Crippen molar-refractivity contribution in [3.63, 3.8) is 0 Å². The molecule has 21 heavy (non-hydrogen) atoms. The second-order valence-electron chi connectivity index (χ2n) is 7.13. The van der Waals surface area contributed by atoms with Crippen molar-refractivity contribution in [1.29, 1.82) is 0 Å². The molecule has 1 aliphatic rings. The number of hydrogen-bond donors (Lipinski definition) is 2. The average Bonchev–Trinajstić information content (AvgIpc) is 3.10. The fraction of sp³-hybridized carbons (Fsp3) is 0.500. The van der Waals surface area contributed by atoms with Gasteiger partial charge in [-0.3, -0.25) is 0 Å². The third-order valence-electron chi connectivity index (χ3n) is 4.33. The largest absolute Gasteiger partial charge is 0.342 e. The Balaban J connectivity index is 1.73. The quantitative estimate of drug-likeness (QED) is 0.904. The Hall–Kier alpha value is -1.61. The number of rotatable bonds is 3. The van der Waals surface area contributed by atoms with Crippen molar-refractivity contribution in [3.8, 4) is 11.3 Å². The van der Waals surface area contributed by atoms with Crippen molar-refractivity contribution >= 4 is 0 Å². The van der Waals surface area contributed by atoms with Gasteiger partial charge in [0.15, 0.2) is 0 Å². The molecule has 0 spiro atoms.